The molecule has 1 aromatic carbocycles. The number of rotatable bonds is 8. The lowest BCUT2D eigenvalue weighted by Crippen LogP contribution is -2.35. The van der Waals surface area contributed by atoms with E-state index in [0.29, 0.717) is 6.61 Å². The van der Waals surface area contributed by atoms with Crippen LogP contribution in [0.4, 0.5) is 5.69 Å². The topological polar surface area (TPSA) is 32.3 Å². The molecule has 0 aliphatic heterocycles. The zero-order valence-electron chi connectivity index (χ0n) is 13.5. The van der Waals surface area contributed by atoms with Gasteiger partial charge in [0.1, 0.15) is 0 Å². The van der Waals surface area contributed by atoms with Gasteiger partial charge in [-0.05, 0) is 43.4 Å². The van der Waals surface area contributed by atoms with E-state index in [1.807, 2.05) is 0 Å². The Morgan fingerprint density at radius 1 is 1.05 bits per heavy atom. The molecule has 0 spiro atoms. The zero-order valence-corrected chi connectivity index (χ0v) is 13.5. The first-order valence-corrected chi connectivity index (χ1v) is 8.72. The second-order valence-electron chi connectivity index (χ2n) is 6.73. The normalized spacial score (nSPS) is 17.6. The van der Waals surface area contributed by atoms with Crippen LogP contribution in [0.15, 0.2) is 24.3 Å². The molecule has 118 valence electrons. The Hall–Kier alpha value is -1.02. The molecule has 0 amide bonds. The predicted molar refractivity (Wildman–Crippen MR) is 90.8 cm³/mol. The van der Waals surface area contributed by atoms with E-state index < -0.39 is 0 Å². The summed E-state index contributed by atoms with van der Waals surface area (Å²) in [7, 11) is 0. The van der Waals surface area contributed by atoms with Gasteiger partial charge in [0.25, 0.3) is 0 Å². The summed E-state index contributed by atoms with van der Waals surface area (Å²) in [5, 5.41) is 13.3. The number of aliphatic hydroxyl groups excluding tert-OH is 1. The Morgan fingerprint density at radius 2 is 1.76 bits per heavy atom. The lowest BCUT2D eigenvalue weighted by atomic mass is 9.74. The minimum Gasteiger partial charge on any atom is -0.396 e. The highest BCUT2D eigenvalue weighted by Gasteiger charge is 2.30. The zero-order chi connectivity index (χ0) is 15.0. The van der Waals surface area contributed by atoms with E-state index in [9.17, 15) is 5.11 Å². The van der Waals surface area contributed by atoms with Crippen LogP contribution in [-0.2, 0) is 6.42 Å². The monoisotopic (exact) mass is 289 g/mol. The van der Waals surface area contributed by atoms with E-state index in [2.05, 4.69) is 36.5 Å². The molecule has 0 bridgehead atoms. The summed E-state index contributed by atoms with van der Waals surface area (Å²) in [5.74, 6) is 0. The molecule has 1 saturated carbocycles. The first kappa shape index (κ1) is 16.4. The maximum Gasteiger partial charge on any atom is 0.0504 e. The average Bonchev–Trinajstić information content (AvgIpc) is 2.55. The largest absolute Gasteiger partial charge is 0.396 e. The average molecular weight is 289 g/mol. The summed E-state index contributed by atoms with van der Waals surface area (Å²) in [5.41, 5.74) is 2.73. The number of unbranched alkanes of at least 4 members (excludes halogenated alkanes) is 2. The standard InChI is InChI=1S/C19H31NO/c1-2-3-5-8-17-9-11-18(12-10-17)20-15-19(16-21)13-6-4-7-14-19/h9-12,20-21H,2-8,13-16H2,1H3. The summed E-state index contributed by atoms with van der Waals surface area (Å²) < 4.78 is 0. The summed E-state index contributed by atoms with van der Waals surface area (Å²) in [6.07, 6.45) is 11.2. The Morgan fingerprint density at radius 3 is 2.38 bits per heavy atom. The van der Waals surface area contributed by atoms with Crippen LogP contribution >= 0.6 is 0 Å². The molecule has 2 nitrogen and oxygen atoms in total. The highest BCUT2D eigenvalue weighted by Crippen LogP contribution is 2.36. The van der Waals surface area contributed by atoms with Crippen molar-refractivity contribution in [3.05, 3.63) is 29.8 Å². The second-order valence-corrected chi connectivity index (χ2v) is 6.73. The van der Waals surface area contributed by atoms with Crippen LogP contribution in [0.25, 0.3) is 0 Å². The van der Waals surface area contributed by atoms with E-state index >= 15 is 0 Å². The molecule has 1 aliphatic rings. The fraction of sp³-hybridized carbons (Fsp3) is 0.684. The second kappa shape index (κ2) is 8.43. The van der Waals surface area contributed by atoms with Crippen LogP contribution in [-0.4, -0.2) is 18.3 Å². The smallest absolute Gasteiger partial charge is 0.0504 e. The fourth-order valence-electron chi connectivity index (χ4n) is 3.35. The number of aliphatic hydroxyl groups is 1. The predicted octanol–water partition coefficient (Wildman–Crippen LogP) is 4.77. The van der Waals surface area contributed by atoms with E-state index in [0.717, 1.165) is 19.4 Å². The Kier molecular flexibility index (Phi) is 6.56. The first-order valence-electron chi connectivity index (χ1n) is 8.72. The molecule has 21 heavy (non-hydrogen) atoms. The van der Waals surface area contributed by atoms with Gasteiger partial charge in [0.15, 0.2) is 0 Å². The van der Waals surface area contributed by atoms with Crippen molar-refractivity contribution in [2.24, 2.45) is 5.41 Å². The lowest BCUT2D eigenvalue weighted by molar-refractivity contribution is 0.0944. The van der Waals surface area contributed by atoms with Crippen molar-refractivity contribution < 1.29 is 5.11 Å². The summed E-state index contributed by atoms with van der Waals surface area (Å²) in [6.45, 7) is 3.46. The van der Waals surface area contributed by atoms with Crippen molar-refractivity contribution in [1.82, 2.24) is 0 Å². The molecule has 0 radical (unpaired) electrons. The van der Waals surface area contributed by atoms with Crippen LogP contribution in [0, 0.1) is 5.41 Å². The molecule has 0 unspecified atom stereocenters. The van der Waals surface area contributed by atoms with Crippen LogP contribution in [0.2, 0.25) is 0 Å². The SMILES string of the molecule is CCCCCc1ccc(NCC2(CO)CCCCC2)cc1. The quantitative estimate of drug-likeness (QED) is 0.675. The third kappa shape index (κ3) is 5.03. The minimum absolute atomic E-state index is 0.109. The van der Waals surface area contributed by atoms with Crippen molar-refractivity contribution >= 4 is 5.69 Å². The third-order valence-corrected chi connectivity index (χ3v) is 4.94. The van der Waals surface area contributed by atoms with E-state index in [1.165, 1.54) is 56.2 Å². The molecule has 0 atom stereocenters. The van der Waals surface area contributed by atoms with Crippen LogP contribution in [0.5, 0.6) is 0 Å². The van der Waals surface area contributed by atoms with Crippen molar-refractivity contribution in [3.63, 3.8) is 0 Å². The van der Waals surface area contributed by atoms with Crippen LogP contribution in [0.1, 0.15) is 63.9 Å². The number of nitrogens with one attached hydrogen (secondary N) is 1. The molecule has 0 saturated heterocycles. The minimum atomic E-state index is 0.109. The van der Waals surface area contributed by atoms with Crippen LogP contribution < -0.4 is 5.32 Å². The molecular formula is C19H31NO. The Balaban J connectivity index is 1.82. The van der Waals surface area contributed by atoms with Crippen molar-refractivity contribution in [1.29, 1.82) is 0 Å². The molecule has 2 N–H and O–H groups in total. The van der Waals surface area contributed by atoms with Gasteiger partial charge in [-0.2, -0.15) is 0 Å². The van der Waals surface area contributed by atoms with Crippen molar-refractivity contribution in [2.45, 2.75) is 64.7 Å². The molecule has 1 aromatic rings. The van der Waals surface area contributed by atoms with Gasteiger partial charge in [0, 0.05) is 17.6 Å². The van der Waals surface area contributed by atoms with Gasteiger partial charge in [-0.15, -0.1) is 0 Å². The first-order chi connectivity index (χ1) is 10.3. The summed E-state index contributed by atoms with van der Waals surface area (Å²) in [6, 6.07) is 8.86. The number of hydrogen-bond acceptors (Lipinski definition) is 2. The van der Waals surface area contributed by atoms with Crippen molar-refractivity contribution in [3.8, 4) is 0 Å². The van der Waals surface area contributed by atoms with Gasteiger partial charge in [-0.1, -0.05) is 51.2 Å². The van der Waals surface area contributed by atoms with Gasteiger partial charge in [-0.25, -0.2) is 0 Å². The van der Waals surface area contributed by atoms with Gasteiger partial charge in [0.2, 0.25) is 0 Å². The Labute approximate surface area is 130 Å². The van der Waals surface area contributed by atoms with Gasteiger partial charge < -0.3 is 10.4 Å². The summed E-state index contributed by atoms with van der Waals surface area (Å²) >= 11 is 0. The molecule has 1 aliphatic carbocycles. The van der Waals surface area contributed by atoms with Gasteiger partial charge in [-0.3, -0.25) is 0 Å². The molecule has 1 fully saturated rings. The Bertz CT molecular complexity index is 393. The maximum absolute atomic E-state index is 9.74. The lowest BCUT2D eigenvalue weighted by Gasteiger charge is -2.36. The number of aryl methyl sites for hydroxylation is 1. The molecule has 0 heterocycles. The molecular weight excluding hydrogens is 258 g/mol. The number of anilines is 1. The fourth-order valence-corrected chi connectivity index (χ4v) is 3.35. The van der Waals surface area contributed by atoms with Gasteiger partial charge in [0.05, 0.1) is 6.61 Å². The number of hydrogen-bond donors (Lipinski definition) is 2. The number of benzene rings is 1. The van der Waals surface area contributed by atoms with E-state index in [1.54, 1.807) is 0 Å². The van der Waals surface area contributed by atoms with Gasteiger partial charge >= 0.3 is 0 Å². The maximum atomic E-state index is 9.74. The van der Waals surface area contributed by atoms with E-state index in [-0.39, 0.29) is 5.41 Å². The molecule has 2 rings (SSSR count). The summed E-state index contributed by atoms with van der Waals surface area (Å²) in [4.78, 5) is 0. The van der Waals surface area contributed by atoms with Crippen LogP contribution in [0.3, 0.4) is 0 Å². The highest BCUT2D eigenvalue weighted by atomic mass is 16.3. The molecule has 2 heteroatoms. The van der Waals surface area contributed by atoms with Crippen molar-refractivity contribution in [2.75, 3.05) is 18.5 Å². The van der Waals surface area contributed by atoms with E-state index in [4.69, 9.17) is 0 Å². The third-order valence-electron chi connectivity index (χ3n) is 4.94. The molecule has 0 aromatic heterocycles. The highest BCUT2D eigenvalue weighted by molar-refractivity contribution is 5.44.